The van der Waals surface area contributed by atoms with Crippen molar-refractivity contribution < 1.29 is 14.3 Å². The zero-order valence-corrected chi connectivity index (χ0v) is 16.4. The Morgan fingerprint density at radius 2 is 2.25 bits per heavy atom. The topological polar surface area (TPSA) is 81.5 Å². The van der Waals surface area contributed by atoms with Crippen LogP contribution in [0.15, 0.2) is 30.7 Å². The van der Waals surface area contributed by atoms with Crippen molar-refractivity contribution in [1.82, 2.24) is 19.4 Å². The number of ether oxygens (including phenoxy) is 2. The Bertz CT molecular complexity index is 862. The summed E-state index contributed by atoms with van der Waals surface area (Å²) in [6.07, 6.45) is 7.94. The highest BCUT2D eigenvalue weighted by atomic mass is 16.6. The lowest BCUT2D eigenvalue weighted by molar-refractivity contribution is 0.0473. The summed E-state index contributed by atoms with van der Waals surface area (Å²) in [5, 5.41) is 3.58. The Morgan fingerprint density at radius 3 is 2.96 bits per heavy atom. The maximum atomic E-state index is 11.9. The number of nitrogens with one attached hydrogen (secondary N) is 1. The van der Waals surface area contributed by atoms with Crippen molar-refractivity contribution in [1.29, 1.82) is 0 Å². The number of piperidine rings is 1. The fourth-order valence-corrected chi connectivity index (χ4v) is 3.82. The van der Waals surface area contributed by atoms with Gasteiger partial charge in [0.2, 0.25) is 5.95 Å². The molecule has 4 rings (SSSR count). The lowest BCUT2D eigenvalue weighted by Crippen LogP contribution is -2.43. The van der Waals surface area contributed by atoms with Gasteiger partial charge in [-0.1, -0.05) is 0 Å². The summed E-state index contributed by atoms with van der Waals surface area (Å²) in [7, 11) is 0. The number of carbonyl (C=O) groups excluding carboxylic acids is 1. The van der Waals surface area contributed by atoms with Crippen LogP contribution in [0.2, 0.25) is 0 Å². The second kappa shape index (κ2) is 7.69. The average Bonchev–Trinajstić information content (AvgIpc) is 3.27. The summed E-state index contributed by atoms with van der Waals surface area (Å²) in [5.74, 6) is 0.806. The van der Waals surface area contributed by atoms with Crippen LogP contribution in [0.5, 0.6) is 0 Å². The summed E-state index contributed by atoms with van der Waals surface area (Å²) < 4.78 is 13.0. The molecule has 0 aromatic carbocycles. The number of amides is 1. The van der Waals surface area contributed by atoms with E-state index in [4.69, 9.17) is 14.5 Å². The number of likely N-dealkylation sites (tertiary alicyclic amines) is 1. The zero-order chi connectivity index (χ0) is 19.6. The number of aromatic nitrogens is 3. The number of carbonyl (C=O) groups is 1. The minimum atomic E-state index is -0.297. The van der Waals surface area contributed by atoms with E-state index in [2.05, 4.69) is 21.8 Å². The quantitative estimate of drug-likeness (QED) is 0.851. The Hall–Kier alpha value is -2.77. The number of fused-ring (bicyclic) bond motifs is 1. The summed E-state index contributed by atoms with van der Waals surface area (Å²) in [6.45, 7) is 6.36. The van der Waals surface area contributed by atoms with E-state index >= 15 is 0 Å². The van der Waals surface area contributed by atoms with Crippen LogP contribution in [0.4, 0.5) is 10.7 Å². The first-order valence-electron chi connectivity index (χ1n) is 9.90. The van der Waals surface area contributed by atoms with Gasteiger partial charge in [0.1, 0.15) is 11.1 Å². The number of nitrogens with zero attached hydrogens (tertiary/aromatic N) is 4. The minimum Gasteiger partial charge on any atom is -0.493 e. The monoisotopic (exact) mass is 385 g/mol. The average molecular weight is 385 g/mol. The fourth-order valence-electron chi connectivity index (χ4n) is 3.82. The van der Waals surface area contributed by atoms with Crippen LogP contribution < -0.4 is 5.32 Å². The van der Waals surface area contributed by atoms with Gasteiger partial charge in [0.15, 0.2) is 5.65 Å². The number of imidazole rings is 1. The molecule has 0 spiro atoms. The molecular weight excluding hydrogens is 358 g/mol. The van der Waals surface area contributed by atoms with Crippen molar-refractivity contribution in [2.45, 2.75) is 51.3 Å². The largest absolute Gasteiger partial charge is 0.493 e. The maximum Gasteiger partial charge on any atom is 0.409 e. The van der Waals surface area contributed by atoms with Gasteiger partial charge in [0.05, 0.1) is 19.4 Å². The molecule has 1 amide bonds. The van der Waals surface area contributed by atoms with Crippen molar-refractivity contribution in [2.24, 2.45) is 0 Å². The molecule has 1 atom stereocenters. The molecule has 8 nitrogen and oxygen atoms in total. The van der Waals surface area contributed by atoms with Gasteiger partial charge in [-0.25, -0.2) is 14.8 Å². The predicted octanol–water partition coefficient (Wildman–Crippen LogP) is 3.16. The van der Waals surface area contributed by atoms with E-state index in [0.717, 1.165) is 36.4 Å². The molecule has 8 heteroatoms. The molecule has 0 aliphatic carbocycles. The Kier molecular flexibility index (Phi) is 5.11. The van der Waals surface area contributed by atoms with Crippen molar-refractivity contribution in [3.05, 3.63) is 30.7 Å². The van der Waals surface area contributed by atoms with E-state index in [1.54, 1.807) is 17.4 Å². The van der Waals surface area contributed by atoms with Crippen LogP contribution in [-0.2, 0) is 16.0 Å². The smallest absolute Gasteiger partial charge is 0.409 e. The number of pyridine rings is 1. The number of hydrogen-bond acceptors (Lipinski definition) is 6. The molecule has 1 fully saturated rings. The maximum absolute atomic E-state index is 11.9. The van der Waals surface area contributed by atoms with Crippen LogP contribution in [-0.4, -0.2) is 56.9 Å². The van der Waals surface area contributed by atoms with E-state index in [1.807, 2.05) is 25.1 Å². The lowest BCUT2D eigenvalue weighted by atomic mass is 10.0. The van der Waals surface area contributed by atoms with E-state index in [0.29, 0.717) is 26.2 Å². The van der Waals surface area contributed by atoms with Crippen molar-refractivity contribution in [3.63, 3.8) is 0 Å². The SMILES string of the molecule is CCOC(=O)N1CCC(Nc2nc3cccnc3n2CC2(C)CC=CO2)CC1. The van der Waals surface area contributed by atoms with E-state index in [9.17, 15) is 4.79 Å². The van der Waals surface area contributed by atoms with Gasteiger partial charge in [-0.15, -0.1) is 0 Å². The van der Waals surface area contributed by atoms with Crippen molar-refractivity contribution in [2.75, 3.05) is 25.0 Å². The Balaban J connectivity index is 1.49. The van der Waals surface area contributed by atoms with Gasteiger partial charge in [0, 0.05) is 31.7 Å². The molecule has 150 valence electrons. The molecule has 4 heterocycles. The standard InChI is InChI=1S/C20H27N5O3/c1-3-27-19(26)24-11-7-15(8-12-24)22-18-23-16-6-4-10-21-17(16)25(18)14-20(2)9-5-13-28-20/h4-6,10,13,15H,3,7-9,11-12,14H2,1-2H3,(H,22,23). The third-order valence-corrected chi connectivity index (χ3v) is 5.35. The molecule has 2 aromatic heterocycles. The number of hydrogen-bond donors (Lipinski definition) is 1. The van der Waals surface area contributed by atoms with Gasteiger partial charge < -0.3 is 19.7 Å². The fraction of sp³-hybridized carbons (Fsp3) is 0.550. The molecule has 2 aromatic rings. The first-order valence-corrected chi connectivity index (χ1v) is 9.90. The van der Waals surface area contributed by atoms with E-state index in [-0.39, 0.29) is 17.7 Å². The molecule has 2 aliphatic heterocycles. The molecular formula is C20H27N5O3. The van der Waals surface area contributed by atoms with Crippen LogP contribution in [0, 0.1) is 0 Å². The molecule has 28 heavy (non-hydrogen) atoms. The van der Waals surface area contributed by atoms with Crippen LogP contribution >= 0.6 is 0 Å². The summed E-state index contributed by atoms with van der Waals surface area (Å²) >= 11 is 0. The Morgan fingerprint density at radius 1 is 1.43 bits per heavy atom. The molecule has 1 N–H and O–H groups in total. The van der Waals surface area contributed by atoms with E-state index < -0.39 is 0 Å². The molecule has 0 radical (unpaired) electrons. The predicted molar refractivity (Wildman–Crippen MR) is 106 cm³/mol. The highest BCUT2D eigenvalue weighted by Crippen LogP contribution is 2.29. The first kappa shape index (κ1) is 18.6. The lowest BCUT2D eigenvalue weighted by Gasteiger charge is -2.32. The third-order valence-electron chi connectivity index (χ3n) is 5.35. The van der Waals surface area contributed by atoms with Crippen LogP contribution in [0.25, 0.3) is 11.2 Å². The third kappa shape index (κ3) is 3.76. The highest BCUT2D eigenvalue weighted by Gasteiger charge is 2.31. The second-order valence-corrected chi connectivity index (χ2v) is 7.62. The van der Waals surface area contributed by atoms with Gasteiger partial charge in [0.25, 0.3) is 0 Å². The zero-order valence-electron chi connectivity index (χ0n) is 16.4. The highest BCUT2D eigenvalue weighted by molar-refractivity contribution is 5.74. The van der Waals surface area contributed by atoms with Crippen LogP contribution in [0.3, 0.4) is 0 Å². The Labute approximate surface area is 164 Å². The molecule has 2 aliphatic rings. The number of rotatable bonds is 5. The van der Waals surface area contributed by atoms with Gasteiger partial charge in [-0.2, -0.15) is 0 Å². The van der Waals surface area contributed by atoms with Crippen LogP contribution in [0.1, 0.15) is 33.1 Å². The normalized spacial score (nSPS) is 22.4. The molecule has 0 saturated carbocycles. The molecule has 1 unspecified atom stereocenters. The first-order chi connectivity index (χ1) is 13.6. The van der Waals surface area contributed by atoms with Gasteiger partial charge in [-0.3, -0.25) is 4.57 Å². The van der Waals surface area contributed by atoms with Crippen molar-refractivity contribution >= 4 is 23.2 Å². The summed E-state index contributed by atoms with van der Waals surface area (Å²) in [4.78, 5) is 23.0. The second-order valence-electron chi connectivity index (χ2n) is 7.62. The van der Waals surface area contributed by atoms with Gasteiger partial charge >= 0.3 is 6.09 Å². The number of anilines is 1. The summed E-state index contributed by atoms with van der Waals surface area (Å²) in [5.41, 5.74) is 1.42. The van der Waals surface area contributed by atoms with E-state index in [1.165, 1.54) is 0 Å². The summed E-state index contributed by atoms with van der Waals surface area (Å²) in [6, 6.07) is 4.12. The van der Waals surface area contributed by atoms with Crippen molar-refractivity contribution in [3.8, 4) is 0 Å². The molecule has 0 bridgehead atoms. The van der Waals surface area contributed by atoms with Gasteiger partial charge in [-0.05, 0) is 44.9 Å². The minimum absolute atomic E-state index is 0.226. The molecule has 1 saturated heterocycles.